The maximum Gasteiger partial charge on any atom is 0.257 e. The fourth-order valence-corrected chi connectivity index (χ4v) is 1.97. The second-order valence-electron chi connectivity index (χ2n) is 5.17. The minimum Gasteiger partial charge on any atom is -0.484 e. The summed E-state index contributed by atoms with van der Waals surface area (Å²) in [4.78, 5) is 22.3. The molecule has 0 fully saturated rings. The monoisotopic (exact) mass is 291 g/mol. The highest BCUT2D eigenvalue weighted by Crippen LogP contribution is 2.07. The zero-order valence-electron chi connectivity index (χ0n) is 12.8. The molecule has 4 nitrogen and oxygen atoms in total. The number of amides is 1. The molecule has 0 unspecified atom stereocenters. The molecule has 1 rings (SSSR count). The topological polar surface area (TPSA) is 55.4 Å². The molecule has 1 amide bonds. The number of unbranched alkanes of at least 4 members (excludes halogenated alkanes) is 4. The number of ether oxygens (including phenoxy) is 1. The molecular formula is C17H25NO3. The van der Waals surface area contributed by atoms with E-state index in [1.54, 1.807) is 6.92 Å². The third kappa shape index (κ3) is 9.66. The fraction of sp³-hybridized carbons (Fsp3) is 0.529. The van der Waals surface area contributed by atoms with Crippen LogP contribution >= 0.6 is 0 Å². The summed E-state index contributed by atoms with van der Waals surface area (Å²) in [5, 5.41) is 2.84. The van der Waals surface area contributed by atoms with Crippen LogP contribution in [0.4, 0.5) is 0 Å². The maximum atomic E-state index is 11.6. The Kier molecular flexibility index (Phi) is 8.93. The summed E-state index contributed by atoms with van der Waals surface area (Å²) >= 11 is 0. The third-order valence-corrected chi connectivity index (χ3v) is 3.14. The number of carbonyl (C=O) groups excluding carboxylic acids is 2. The van der Waals surface area contributed by atoms with Crippen LogP contribution in [0.1, 0.15) is 45.4 Å². The van der Waals surface area contributed by atoms with Gasteiger partial charge in [-0.1, -0.05) is 37.5 Å². The second kappa shape index (κ2) is 10.9. The molecule has 0 aliphatic heterocycles. The van der Waals surface area contributed by atoms with Gasteiger partial charge in [0.05, 0.1) is 0 Å². The minimum absolute atomic E-state index is 0.0582. The van der Waals surface area contributed by atoms with Gasteiger partial charge in [-0.25, -0.2) is 0 Å². The number of hydrogen-bond donors (Lipinski definition) is 1. The smallest absolute Gasteiger partial charge is 0.257 e. The van der Waals surface area contributed by atoms with Gasteiger partial charge >= 0.3 is 0 Å². The standard InChI is InChI=1S/C17H25NO3/c1-15(19)10-6-3-2-4-9-13-18-17(20)14-21-16-11-7-5-8-12-16/h5,7-8,11-12H,2-4,6,9-10,13-14H2,1H3,(H,18,20). The zero-order valence-corrected chi connectivity index (χ0v) is 12.8. The van der Waals surface area contributed by atoms with Crippen molar-refractivity contribution in [3.63, 3.8) is 0 Å². The van der Waals surface area contributed by atoms with Crippen LogP contribution in [0.3, 0.4) is 0 Å². The van der Waals surface area contributed by atoms with E-state index in [1.807, 2.05) is 30.3 Å². The molecule has 116 valence electrons. The van der Waals surface area contributed by atoms with Gasteiger partial charge in [-0.2, -0.15) is 0 Å². The van der Waals surface area contributed by atoms with Gasteiger partial charge in [0.1, 0.15) is 11.5 Å². The van der Waals surface area contributed by atoms with Crippen molar-refractivity contribution in [3.8, 4) is 5.75 Å². The van der Waals surface area contributed by atoms with E-state index < -0.39 is 0 Å². The molecular weight excluding hydrogens is 266 g/mol. The lowest BCUT2D eigenvalue weighted by molar-refractivity contribution is -0.123. The summed E-state index contributed by atoms with van der Waals surface area (Å²) in [7, 11) is 0. The number of para-hydroxylation sites is 1. The van der Waals surface area contributed by atoms with Crippen molar-refractivity contribution < 1.29 is 14.3 Å². The second-order valence-corrected chi connectivity index (χ2v) is 5.17. The van der Waals surface area contributed by atoms with Crippen molar-refractivity contribution in [2.75, 3.05) is 13.2 Å². The van der Waals surface area contributed by atoms with E-state index >= 15 is 0 Å². The van der Waals surface area contributed by atoms with Gasteiger partial charge in [0, 0.05) is 13.0 Å². The summed E-state index contributed by atoms with van der Waals surface area (Å²) in [5.41, 5.74) is 0. The molecule has 0 bridgehead atoms. The van der Waals surface area contributed by atoms with Crippen LogP contribution in [0.15, 0.2) is 30.3 Å². The first-order valence-corrected chi connectivity index (χ1v) is 7.62. The Morgan fingerprint density at radius 1 is 1.00 bits per heavy atom. The molecule has 1 aromatic rings. The largest absolute Gasteiger partial charge is 0.484 e. The van der Waals surface area contributed by atoms with Crippen molar-refractivity contribution in [1.82, 2.24) is 5.32 Å². The van der Waals surface area contributed by atoms with Gasteiger partial charge in [-0.05, 0) is 31.9 Å². The molecule has 0 radical (unpaired) electrons. The van der Waals surface area contributed by atoms with Crippen molar-refractivity contribution in [1.29, 1.82) is 0 Å². The van der Waals surface area contributed by atoms with E-state index in [-0.39, 0.29) is 18.3 Å². The Hall–Kier alpha value is -1.84. The molecule has 0 aromatic heterocycles. The summed E-state index contributed by atoms with van der Waals surface area (Å²) in [5.74, 6) is 0.884. The number of hydrogen-bond acceptors (Lipinski definition) is 3. The lowest BCUT2D eigenvalue weighted by Crippen LogP contribution is -2.29. The average molecular weight is 291 g/mol. The third-order valence-electron chi connectivity index (χ3n) is 3.14. The van der Waals surface area contributed by atoms with Crippen LogP contribution in [0, 0.1) is 0 Å². The Balaban J connectivity index is 1.93. The van der Waals surface area contributed by atoms with Gasteiger partial charge in [0.25, 0.3) is 5.91 Å². The van der Waals surface area contributed by atoms with Crippen molar-refractivity contribution >= 4 is 11.7 Å². The highest BCUT2D eigenvalue weighted by atomic mass is 16.5. The van der Waals surface area contributed by atoms with Crippen LogP contribution in [0.25, 0.3) is 0 Å². The van der Waals surface area contributed by atoms with Crippen LogP contribution in [0.5, 0.6) is 5.75 Å². The lowest BCUT2D eigenvalue weighted by atomic mass is 10.1. The fourth-order valence-electron chi connectivity index (χ4n) is 1.97. The minimum atomic E-state index is -0.0876. The van der Waals surface area contributed by atoms with E-state index in [0.717, 1.165) is 32.1 Å². The van der Waals surface area contributed by atoms with Gasteiger partial charge in [-0.15, -0.1) is 0 Å². The predicted molar refractivity (Wildman–Crippen MR) is 83.3 cm³/mol. The molecule has 0 atom stereocenters. The van der Waals surface area contributed by atoms with Crippen LogP contribution in [-0.2, 0) is 9.59 Å². The van der Waals surface area contributed by atoms with Crippen molar-refractivity contribution in [3.05, 3.63) is 30.3 Å². The molecule has 4 heteroatoms. The molecule has 0 saturated carbocycles. The molecule has 0 spiro atoms. The van der Waals surface area contributed by atoms with E-state index in [9.17, 15) is 9.59 Å². The maximum absolute atomic E-state index is 11.6. The Bertz CT molecular complexity index is 417. The van der Waals surface area contributed by atoms with E-state index in [0.29, 0.717) is 18.7 Å². The van der Waals surface area contributed by atoms with E-state index in [4.69, 9.17) is 4.74 Å². The molecule has 0 saturated heterocycles. The number of nitrogens with one attached hydrogen (secondary N) is 1. The normalized spacial score (nSPS) is 10.1. The summed E-state index contributed by atoms with van der Waals surface area (Å²) in [6, 6.07) is 9.31. The first-order chi connectivity index (χ1) is 10.2. The average Bonchev–Trinajstić information content (AvgIpc) is 2.48. The van der Waals surface area contributed by atoms with Gasteiger partial charge in [0.15, 0.2) is 6.61 Å². The molecule has 1 aromatic carbocycles. The van der Waals surface area contributed by atoms with Crippen molar-refractivity contribution in [2.24, 2.45) is 0 Å². The Morgan fingerprint density at radius 2 is 1.67 bits per heavy atom. The van der Waals surface area contributed by atoms with Crippen LogP contribution < -0.4 is 10.1 Å². The summed E-state index contributed by atoms with van der Waals surface area (Å²) < 4.78 is 5.36. The number of carbonyl (C=O) groups is 2. The lowest BCUT2D eigenvalue weighted by Gasteiger charge is -2.07. The summed E-state index contributed by atoms with van der Waals surface area (Å²) in [6.45, 7) is 2.37. The number of ketones is 1. The first kappa shape index (κ1) is 17.2. The van der Waals surface area contributed by atoms with E-state index in [2.05, 4.69) is 5.32 Å². The summed E-state index contributed by atoms with van der Waals surface area (Å²) in [6.07, 6.45) is 5.92. The first-order valence-electron chi connectivity index (χ1n) is 7.62. The molecule has 21 heavy (non-hydrogen) atoms. The van der Waals surface area contributed by atoms with Crippen LogP contribution in [-0.4, -0.2) is 24.8 Å². The van der Waals surface area contributed by atoms with Crippen LogP contribution in [0.2, 0.25) is 0 Å². The van der Waals surface area contributed by atoms with Crippen molar-refractivity contribution in [2.45, 2.75) is 45.4 Å². The van der Waals surface area contributed by atoms with Gasteiger partial charge in [0.2, 0.25) is 0 Å². The Morgan fingerprint density at radius 3 is 2.38 bits per heavy atom. The highest BCUT2D eigenvalue weighted by Gasteiger charge is 2.01. The highest BCUT2D eigenvalue weighted by molar-refractivity contribution is 5.77. The number of benzene rings is 1. The molecule has 0 aliphatic rings. The molecule has 0 heterocycles. The number of rotatable bonds is 11. The predicted octanol–water partition coefficient (Wildman–Crippen LogP) is 3.11. The Labute approximate surface area is 126 Å². The SMILES string of the molecule is CC(=O)CCCCCCCNC(=O)COc1ccccc1. The number of Topliss-reactive ketones (excluding diaryl/α,β-unsaturated/α-hetero) is 1. The van der Waals surface area contributed by atoms with E-state index in [1.165, 1.54) is 0 Å². The molecule has 0 aliphatic carbocycles. The van der Waals surface area contributed by atoms with Gasteiger partial charge in [-0.3, -0.25) is 4.79 Å². The van der Waals surface area contributed by atoms with Gasteiger partial charge < -0.3 is 14.8 Å². The zero-order chi connectivity index (χ0) is 15.3. The quantitative estimate of drug-likeness (QED) is 0.637. The molecule has 1 N–H and O–H groups in total.